The predicted octanol–water partition coefficient (Wildman–Crippen LogP) is 2.13. The first kappa shape index (κ1) is 15.8. The molecule has 1 saturated heterocycles. The van der Waals surface area contributed by atoms with E-state index in [2.05, 4.69) is 10.3 Å². The molecule has 124 valence electrons. The molecule has 1 aromatic rings. The maximum absolute atomic E-state index is 12.4. The van der Waals surface area contributed by atoms with Gasteiger partial charge in [0.05, 0.1) is 6.54 Å². The first-order valence-electron chi connectivity index (χ1n) is 8.64. The highest BCUT2D eigenvalue weighted by atomic mass is 16.2. The molecule has 0 spiro atoms. The number of nitrogens with zero attached hydrogens (tertiary/aromatic N) is 2. The van der Waals surface area contributed by atoms with Crippen LogP contribution in [0.2, 0.25) is 0 Å². The third-order valence-corrected chi connectivity index (χ3v) is 4.80. The summed E-state index contributed by atoms with van der Waals surface area (Å²) in [5, 5.41) is 3.19. The predicted molar refractivity (Wildman–Crippen MR) is 92.2 cm³/mol. The molecule has 0 atom stereocenters. The van der Waals surface area contributed by atoms with Gasteiger partial charge in [-0.05, 0) is 49.3 Å². The molecule has 2 fully saturated rings. The Bertz CT molecular complexity index is 574. The summed E-state index contributed by atoms with van der Waals surface area (Å²) in [7, 11) is 0. The van der Waals surface area contributed by atoms with Crippen LogP contribution in [0.1, 0.15) is 48.0 Å². The number of benzene rings is 1. The zero-order chi connectivity index (χ0) is 16.1. The molecule has 1 aliphatic carbocycles. The maximum Gasteiger partial charge on any atom is 0.253 e. The number of carbonyl (C=O) groups is 1. The van der Waals surface area contributed by atoms with Crippen LogP contribution in [0.4, 0.5) is 0 Å². The van der Waals surface area contributed by atoms with Gasteiger partial charge in [0.25, 0.3) is 5.91 Å². The van der Waals surface area contributed by atoms with E-state index in [0.717, 1.165) is 49.5 Å². The van der Waals surface area contributed by atoms with E-state index in [9.17, 15) is 4.79 Å². The van der Waals surface area contributed by atoms with Crippen molar-refractivity contribution < 1.29 is 4.79 Å². The van der Waals surface area contributed by atoms with Gasteiger partial charge in [0, 0.05) is 25.2 Å². The van der Waals surface area contributed by atoms with Crippen LogP contribution in [-0.2, 0) is 6.54 Å². The molecule has 5 nitrogen and oxygen atoms in total. The van der Waals surface area contributed by atoms with Crippen molar-refractivity contribution in [1.29, 1.82) is 0 Å². The SMILES string of the molecule is NC(=NCc1cccc(C(=O)N2CCCC2)c1)NCC1CCC1. The Morgan fingerprint density at radius 3 is 2.74 bits per heavy atom. The van der Waals surface area contributed by atoms with E-state index >= 15 is 0 Å². The minimum atomic E-state index is 0.129. The Morgan fingerprint density at radius 1 is 1.26 bits per heavy atom. The molecule has 2 aliphatic rings. The lowest BCUT2D eigenvalue weighted by atomic mass is 9.85. The van der Waals surface area contributed by atoms with Crippen molar-refractivity contribution >= 4 is 11.9 Å². The van der Waals surface area contributed by atoms with Gasteiger partial charge >= 0.3 is 0 Å². The van der Waals surface area contributed by atoms with Crippen molar-refractivity contribution in [2.24, 2.45) is 16.6 Å². The zero-order valence-corrected chi connectivity index (χ0v) is 13.6. The Kier molecular flexibility index (Phi) is 5.16. The molecule has 0 aromatic heterocycles. The number of rotatable bonds is 5. The molecule has 0 radical (unpaired) electrons. The van der Waals surface area contributed by atoms with Gasteiger partial charge in [-0.1, -0.05) is 18.6 Å². The van der Waals surface area contributed by atoms with Crippen LogP contribution in [0.15, 0.2) is 29.3 Å². The van der Waals surface area contributed by atoms with Gasteiger partial charge in [-0.3, -0.25) is 4.79 Å². The van der Waals surface area contributed by atoms with Gasteiger partial charge < -0.3 is 16.0 Å². The van der Waals surface area contributed by atoms with Gasteiger partial charge in [0.15, 0.2) is 5.96 Å². The quantitative estimate of drug-likeness (QED) is 0.646. The fourth-order valence-electron chi connectivity index (χ4n) is 3.08. The van der Waals surface area contributed by atoms with Crippen molar-refractivity contribution in [3.8, 4) is 0 Å². The van der Waals surface area contributed by atoms with E-state index in [1.165, 1.54) is 19.3 Å². The second-order valence-electron chi connectivity index (χ2n) is 6.58. The van der Waals surface area contributed by atoms with E-state index in [4.69, 9.17) is 5.73 Å². The van der Waals surface area contributed by atoms with E-state index < -0.39 is 0 Å². The highest BCUT2D eigenvalue weighted by molar-refractivity contribution is 5.94. The lowest BCUT2D eigenvalue weighted by Crippen LogP contribution is -2.37. The number of nitrogens with one attached hydrogen (secondary N) is 1. The van der Waals surface area contributed by atoms with Crippen LogP contribution in [-0.4, -0.2) is 36.4 Å². The van der Waals surface area contributed by atoms with E-state index in [1.807, 2.05) is 29.2 Å². The second kappa shape index (κ2) is 7.49. The average molecular weight is 314 g/mol. The van der Waals surface area contributed by atoms with Crippen LogP contribution >= 0.6 is 0 Å². The first-order chi connectivity index (χ1) is 11.2. The Hall–Kier alpha value is -2.04. The minimum absolute atomic E-state index is 0.129. The number of aliphatic imine (C=N–C) groups is 1. The van der Waals surface area contributed by atoms with E-state index in [0.29, 0.717) is 12.5 Å². The molecule has 1 saturated carbocycles. The van der Waals surface area contributed by atoms with E-state index in [-0.39, 0.29) is 5.91 Å². The Morgan fingerprint density at radius 2 is 2.04 bits per heavy atom. The van der Waals surface area contributed by atoms with Gasteiger partial charge in [-0.25, -0.2) is 4.99 Å². The van der Waals surface area contributed by atoms with Crippen LogP contribution in [0.25, 0.3) is 0 Å². The summed E-state index contributed by atoms with van der Waals surface area (Å²) in [6, 6.07) is 7.73. The smallest absolute Gasteiger partial charge is 0.253 e. The fraction of sp³-hybridized carbons (Fsp3) is 0.556. The van der Waals surface area contributed by atoms with Gasteiger partial charge in [0.2, 0.25) is 0 Å². The van der Waals surface area contributed by atoms with E-state index in [1.54, 1.807) is 0 Å². The van der Waals surface area contributed by atoms with Gasteiger partial charge in [-0.2, -0.15) is 0 Å². The molecule has 1 amide bonds. The molecule has 0 unspecified atom stereocenters. The van der Waals surface area contributed by atoms with Crippen LogP contribution in [0.3, 0.4) is 0 Å². The minimum Gasteiger partial charge on any atom is -0.370 e. The van der Waals surface area contributed by atoms with Gasteiger partial charge in [-0.15, -0.1) is 0 Å². The monoisotopic (exact) mass is 314 g/mol. The second-order valence-corrected chi connectivity index (χ2v) is 6.58. The Labute approximate surface area is 138 Å². The standard InChI is InChI=1S/C18H26N4O/c19-18(20-12-14-5-3-6-14)21-13-15-7-4-8-16(11-15)17(23)22-9-1-2-10-22/h4,7-8,11,14H,1-3,5-6,9-10,12-13H2,(H3,19,20,21). The summed E-state index contributed by atoms with van der Waals surface area (Å²) >= 11 is 0. The number of hydrogen-bond acceptors (Lipinski definition) is 2. The molecule has 0 bridgehead atoms. The highest BCUT2D eigenvalue weighted by Crippen LogP contribution is 2.25. The summed E-state index contributed by atoms with van der Waals surface area (Å²) in [5.74, 6) is 1.38. The van der Waals surface area contributed by atoms with Gasteiger partial charge in [0.1, 0.15) is 0 Å². The van der Waals surface area contributed by atoms with Crippen LogP contribution < -0.4 is 11.1 Å². The molecular formula is C18H26N4O. The molecule has 1 aliphatic heterocycles. The molecule has 23 heavy (non-hydrogen) atoms. The number of likely N-dealkylation sites (tertiary alicyclic amines) is 1. The summed E-state index contributed by atoms with van der Waals surface area (Å²) in [6.45, 7) is 3.17. The third-order valence-electron chi connectivity index (χ3n) is 4.80. The number of hydrogen-bond donors (Lipinski definition) is 2. The highest BCUT2D eigenvalue weighted by Gasteiger charge is 2.19. The lowest BCUT2D eigenvalue weighted by molar-refractivity contribution is 0.0792. The maximum atomic E-state index is 12.4. The molecular weight excluding hydrogens is 288 g/mol. The Balaban J connectivity index is 1.55. The average Bonchev–Trinajstić information content (AvgIpc) is 3.05. The number of guanidine groups is 1. The molecule has 3 N–H and O–H groups in total. The third kappa shape index (κ3) is 4.24. The molecule has 1 heterocycles. The normalized spacial score (nSPS) is 18.8. The molecule has 1 aromatic carbocycles. The summed E-state index contributed by atoms with van der Waals surface area (Å²) in [6.07, 6.45) is 6.14. The fourth-order valence-corrected chi connectivity index (χ4v) is 3.08. The summed E-state index contributed by atoms with van der Waals surface area (Å²) in [4.78, 5) is 18.7. The largest absolute Gasteiger partial charge is 0.370 e. The molecule has 3 rings (SSSR count). The van der Waals surface area contributed by atoms with Crippen LogP contribution in [0.5, 0.6) is 0 Å². The van der Waals surface area contributed by atoms with Crippen LogP contribution in [0, 0.1) is 5.92 Å². The van der Waals surface area contributed by atoms with Crippen molar-refractivity contribution in [3.05, 3.63) is 35.4 Å². The number of carbonyl (C=O) groups excluding carboxylic acids is 1. The summed E-state index contributed by atoms with van der Waals surface area (Å²) < 4.78 is 0. The molecule has 5 heteroatoms. The topological polar surface area (TPSA) is 70.7 Å². The van der Waals surface area contributed by atoms with Crippen molar-refractivity contribution in [2.75, 3.05) is 19.6 Å². The summed E-state index contributed by atoms with van der Waals surface area (Å²) in [5.41, 5.74) is 7.68. The number of amides is 1. The van der Waals surface area contributed by atoms with Crippen molar-refractivity contribution in [1.82, 2.24) is 10.2 Å². The zero-order valence-electron chi connectivity index (χ0n) is 13.6. The number of nitrogens with two attached hydrogens (primary N) is 1. The lowest BCUT2D eigenvalue weighted by Gasteiger charge is -2.25. The van der Waals surface area contributed by atoms with Crippen molar-refractivity contribution in [2.45, 2.75) is 38.6 Å². The van der Waals surface area contributed by atoms with Crippen molar-refractivity contribution in [3.63, 3.8) is 0 Å². The first-order valence-corrected chi connectivity index (χ1v) is 8.64.